The Bertz CT molecular complexity index is 922. The van der Waals surface area contributed by atoms with Crippen molar-refractivity contribution in [2.75, 3.05) is 0 Å². The first kappa shape index (κ1) is 15.9. The van der Waals surface area contributed by atoms with Crippen LogP contribution in [-0.2, 0) is 0 Å². The Kier molecular flexibility index (Phi) is 4.57. The van der Waals surface area contributed by atoms with Crippen molar-refractivity contribution in [3.63, 3.8) is 0 Å². The smallest absolute Gasteiger partial charge is 0.160 e. The van der Waals surface area contributed by atoms with Gasteiger partial charge in [-0.05, 0) is 22.9 Å². The number of rotatable bonds is 3. The lowest BCUT2D eigenvalue weighted by atomic mass is 10.1. The zero-order valence-corrected chi connectivity index (χ0v) is 15.2. The summed E-state index contributed by atoms with van der Waals surface area (Å²) in [6.07, 6.45) is 0. The maximum absolute atomic E-state index is 10.5. The molecule has 0 saturated heterocycles. The molecule has 0 saturated carbocycles. The summed E-state index contributed by atoms with van der Waals surface area (Å²) in [6.45, 7) is 1.79. The number of allylic oxidation sites excluding steroid dienone is 1. The van der Waals surface area contributed by atoms with Gasteiger partial charge < -0.3 is 5.11 Å². The molecular formula is C16H10BrN3OS2. The van der Waals surface area contributed by atoms with E-state index in [9.17, 15) is 10.4 Å². The molecule has 0 radical (unpaired) electrons. The monoisotopic (exact) mass is 403 g/mol. The van der Waals surface area contributed by atoms with E-state index in [-0.39, 0.29) is 11.3 Å². The maximum Gasteiger partial charge on any atom is 0.160 e. The third-order valence-corrected chi connectivity index (χ3v) is 5.62. The lowest BCUT2D eigenvalue weighted by Crippen LogP contribution is -1.91. The van der Waals surface area contributed by atoms with Crippen molar-refractivity contribution in [2.45, 2.75) is 6.92 Å². The average molecular weight is 404 g/mol. The minimum atomic E-state index is -0.0851. The van der Waals surface area contributed by atoms with Crippen LogP contribution in [0.4, 0.5) is 0 Å². The Hall–Kier alpha value is -2.01. The molecule has 0 unspecified atom stereocenters. The number of hydrogen-bond acceptors (Lipinski definition) is 6. The first-order chi connectivity index (χ1) is 11.1. The van der Waals surface area contributed by atoms with Crippen molar-refractivity contribution < 1.29 is 5.11 Å². The van der Waals surface area contributed by atoms with Crippen LogP contribution < -0.4 is 0 Å². The van der Waals surface area contributed by atoms with E-state index >= 15 is 0 Å². The van der Waals surface area contributed by atoms with Gasteiger partial charge in [0.2, 0.25) is 0 Å². The largest absolute Gasteiger partial charge is 0.505 e. The zero-order valence-electron chi connectivity index (χ0n) is 11.9. The van der Waals surface area contributed by atoms with Crippen molar-refractivity contribution in [1.82, 2.24) is 9.97 Å². The van der Waals surface area contributed by atoms with Gasteiger partial charge in [-0.15, -0.1) is 22.7 Å². The van der Waals surface area contributed by atoms with E-state index in [0.29, 0.717) is 20.2 Å². The lowest BCUT2D eigenvalue weighted by Gasteiger charge is -2.00. The minimum Gasteiger partial charge on any atom is -0.505 e. The molecule has 7 heteroatoms. The standard InChI is InChI=1S/C16H10BrN3OS2/c1-9-14(23-16(17)19-9)13(21)11(7-18)12-8-22-15(20-12)10-5-3-2-4-6-10/h2-6,8,21H,1H3. The summed E-state index contributed by atoms with van der Waals surface area (Å²) in [4.78, 5) is 9.27. The van der Waals surface area contributed by atoms with E-state index in [1.807, 2.05) is 30.3 Å². The highest BCUT2D eigenvalue weighted by atomic mass is 79.9. The minimum absolute atomic E-state index is 0.0851. The molecule has 2 heterocycles. The van der Waals surface area contributed by atoms with E-state index < -0.39 is 0 Å². The summed E-state index contributed by atoms with van der Waals surface area (Å²) in [7, 11) is 0. The second-order valence-corrected chi connectivity index (χ2v) is 7.75. The first-order valence-corrected chi connectivity index (χ1v) is 9.07. The van der Waals surface area contributed by atoms with Crippen LogP contribution in [0.3, 0.4) is 0 Å². The fourth-order valence-corrected chi connectivity index (χ4v) is 4.34. The summed E-state index contributed by atoms with van der Waals surface area (Å²) in [5, 5.41) is 22.5. The molecule has 3 rings (SSSR count). The first-order valence-electron chi connectivity index (χ1n) is 6.58. The summed E-state index contributed by atoms with van der Waals surface area (Å²) < 4.78 is 0.664. The quantitative estimate of drug-likeness (QED) is 0.476. The van der Waals surface area contributed by atoms with Crippen molar-refractivity contribution >= 4 is 49.9 Å². The number of benzene rings is 1. The molecule has 2 aromatic heterocycles. The summed E-state index contributed by atoms with van der Waals surface area (Å²) in [5.41, 5.74) is 2.28. The van der Waals surface area contributed by atoms with Crippen molar-refractivity contribution in [3.8, 4) is 16.6 Å². The van der Waals surface area contributed by atoms with Gasteiger partial charge >= 0.3 is 0 Å². The summed E-state index contributed by atoms with van der Waals surface area (Å²) in [5.74, 6) is -0.0851. The van der Waals surface area contributed by atoms with Gasteiger partial charge in [-0.25, -0.2) is 9.97 Å². The topological polar surface area (TPSA) is 69.8 Å². The van der Waals surface area contributed by atoms with Gasteiger partial charge in [-0.3, -0.25) is 0 Å². The van der Waals surface area contributed by atoms with Crippen LogP contribution in [0.5, 0.6) is 0 Å². The van der Waals surface area contributed by atoms with Crippen LogP contribution in [0.25, 0.3) is 21.9 Å². The third kappa shape index (κ3) is 3.20. The van der Waals surface area contributed by atoms with E-state index in [1.54, 1.807) is 12.3 Å². The number of aliphatic hydroxyl groups excluding tert-OH is 1. The molecule has 0 spiro atoms. The van der Waals surface area contributed by atoms with E-state index in [1.165, 1.54) is 22.7 Å². The van der Waals surface area contributed by atoms with Crippen molar-refractivity contribution in [3.05, 3.63) is 55.9 Å². The predicted molar refractivity (Wildman–Crippen MR) is 97.2 cm³/mol. The number of nitriles is 1. The van der Waals surface area contributed by atoms with E-state index in [4.69, 9.17) is 0 Å². The molecule has 23 heavy (non-hydrogen) atoms. The van der Waals surface area contributed by atoms with Crippen LogP contribution in [0.2, 0.25) is 0 Å². The Labute approximate surface area is 149 Å². The van der Waals surface area contributed by atoms with Gasteiger partial charge in [0, 0.05) is 10.9 Å². The fraction of sp³-hybridized carbons (Fsp3) is 0.0625. The van der Waals surface area contributed by atoms with Crippen LogP contribution >= 0.6 is 38.6 Å². The highest BCUT2D eigenvalue weighted by Crippen LogP contribution is 2.34. The Morgan fingerprint density at radius 2 is 2.00 bits per heavy atom. The molecule has 0 aliphatic heterocycles. The van der Waals surface area contributed by atoms with Crippen LogP contribution in [0.15, 0.2) is 39.6 Å². The van der Waals surface area contributed by atoms with Crippen LogP contribution in [-0.4, -0.2) is 15.1 Å². The van der Waals surface area contributed by atoms with Gasteiger partial charge in [0.25, 0.3) is 0 Å². The van der Waals surface area contributed by atoms with E-state index in [0.717, 1.165) is 10.6 Å². The number of halogens is 1. The molecule has 0 aliphatic carbocycles. The highest BCUT2D eigenvalue weighted by Gasteiger charge is 2.18. The second-order valence-electron chi connectivity index (χ2n) is 4.62. The normalized spacial score (nSPS) is 11.9. The Morgan fingerprint density at radius 1 is 1.26 bits per heavy atom. The maximum atomic E-state index is 10.5. The molecule has 3 aromatic rings. The molecule has 1 aromatic carbocycles. The lowest BCUT2D eigenvalue weighted by molar-refractivity contribution is 0.515. The predicted octanol–water partition coefficient (Wildman–Crippen LogP) is 5.29. The van der Waals surface area contributed by atoms with Gasteiger partial charge in [0.1, 0.15) is 16.6 Å². The molecule has 0 amide bonds. The molecule has 114 valence electrons. The fourth-order valence-electron chi connectivity index (χ4n) is 2.03. The number of thiazole rings is 2. The van der Waals surface area contributed by atoms with Gasteiger partial charge in [-0.2, -0.15) is 5.26 Å². The van der Waals surface area contributed by atoms with Crippen LogP contribution in [0, 0.1) is 18.3 Å². The molecule has 0 aliphatic rings. The molecule has 0 fully saturated rings. The van der Waals surface area contributed by atoms with Gasteiger partial charge in [-0.1, -0.05) is 30.3 Å². The Morgan fingerprint density at radius 3 is 2.61 bits per heavy atom. The Balaban J connectivity index is 2.06. The molecule has 0 atom stereocenters. The highest BCUT2D eigenvalue weighted by molar-refractivity contribution is 9.11. The summed E-state index contributed by atoms with van der Waals surface area (Å²) in [6, 6.07) is 11.8. The number of nitrogens with zero attached hydrogens (tertiary/aromatic N) is 3. The number of aromatic nitrogens is 2. The SMILES string of the molecule is Cc1nc(Br)sc1C(O)=C(C#N)c1csc(-c2ccccc2)n1. The average Bonchev–Trinajstić information content (AvgIpc) is 3.15. The number of aliphatic hydroxyl groups is 1. The third-order valence-electron chi connectivity index (χ3n) is 3.12. The molecule has 1 N–H and O–H groups in total. The van der Waals surface area contributed by atoms with Gasteiger partial charge in [0.05, 0.1) is 16.3 Å². The molecular weight excluding hydrogens is 394 g/mol. The second kappa shape index (κ2) is 6.62. The zero-order chi connectivity index (χ0) is 16.4. The molecule has 4 nitrogen and oxygen atoms in total. The number of hydrogen-bond donors (Lipinski definition) is 1. The molecule has 0 bridgehead atoms. The van der Waals surface area contributed by atoms with Crippen LogP contribution in [0.1, 0.15) is 16.3 Å². The van der Waals surface area contributed by atoms with Crippen molar-refractivity contribution in [2.24, 2.45) is 0 Å². The van der Waals surface area contributed by atoms with Gasteiger partial charge in [0.15, 0.2) is 9.68 Å². The van der Waals surface area contributed by atoms with E-state index in [2.05, 4.69) is 32.0 Å². The number of aryl methyl sites for hydroxylation is 1. The van der Waals surface area contributed by atoms with Crippen molar-refractivity contribution in [1.29, 1.82) is 5.26 Å². The summed E-state index contributed by atoms with van der Waals surface area (Å²) >= 11 is 6.02.